The van der Waals surface area contributed by atoms with Crippen molar-refractivity contribution in [3.8, 4) is 0 Å². The fraction of sp³-hybridized carbons (Fsp3) is 0.632. The highest BCUT2D eigenvalue weighted by Crippen LogP contribution is 2.13. The van der Waals surface area contributed by atoms with Crippen LogP contribution < -0.4 is 0 Å². The minimum Gasteiger partial charge on any atom is -0.376 e. The SMILES string of the molecule is O=C(COCC1CCCO1)N1CCCN(Cc2ccc(F)cc2)CC1. The standard InChI is InChI=1S/C19H27FN2O3/c20-17-6-4-16(5-7-17)13-21-8-2-9-22(11-10-21)19(23)15-24-14-18-3-1-12-25-18/h4-7,18H,1-3,8-15H2. The van der Waals surface area contributed by atoms with Crippen molar-refractivity contribution in [3.63, 3.8) is 0 Å². The summed E-state index contributed by atoms with van der Waals surface area (Å²) < 4.78 is 24.0. The van der Waals surface area contributed by atoms with Gasteiger partial charge in [-0.05, 0) is 37.0 Å². The predicted molar refractivity (Wildman–Crippen MR) is 92.7 cm³/mol. The van der Waals surface area contributed by atoms with Crippen molar-refractivity contribution in [2.75, 3.05) is 46.0 Å². The van der Waals surface area contributed by atoms with E-state index in [9.17, 15) is 9.18 Å². The summed E-state index contributed by atoms with van der Waals surface area (Å²) in [5, 5.41) is 0. The smallest absolute Gasteiger partial charge is 0.248 e. The van der Waals surface area contributed by atoms with Crippen LogP contribution in [0.5, 0.6) is 0 Å². The van der Waals surface area contributed by atoms with E-state index in [0.29, 0.717) is 13.2 Å². The van der Waals surface area contributed by atoms with Crippen LogP contribution >= 0.6 is 0 Å². The molecule has 1 unspecified atom stereocenters. The zero-order valence-electron chi connectivity index (χ0n) is 14.7. The van der Waals surface area contributed by atoms with E-state index in [2.05, 4.69) is 4.90 Å². The fourth-order valence-electron chi connectivity index (χ4n) is 3.37. The summed E-state index contributed by atoms with van der Waals surface area (Å²) in [7, 11) is 0. The molecule has 0 aliphatic carbocycles. The first-order valence-corrected chi connectivity index (χ1v) is 9.14. The number of benzene rings is 1. The Bertz CT molecular complexity index is 546. The van der Waals surface area contributed by atoms with Gasteiger partial charge in [0.2, 0.25) is 5.91 Å². The molecule has 3 rings (SSSR count). The molecule has 0 radical (unpaired) electrons. The number of carbonyl (C=O) groups is 1. The van der Waals surface area contributed by atoms with E-state index >= 15 is 0 Å². The molecular weight excluding hydrogens is 323 g/mol. The first-order valence-electron chi connectivity index (χ1n) is 9.14. The van der Waals surface area contributed by atoms with Gasteiger partial charge in [-0.1, -0.05) is 12.1 Å². The number of carbonyl (C=O) groups excluding carboxylic acids is 1. The van der Waals surface area contributed by atoms with Crippen molar-refractivity contribution >= 4 is 5.91 Å². The highest BCUT2D eigenvalue weighted by Gasteiger charge is 2.21. The summed E-state index contributed by atoms with van der Waals surface area (Å²) in [6, 6.07) is 6.63. The van der Waals surface area contributed by atoms with E-state index in [-0.39, 0.29) is 24.4 Å². The number of hydrogen-bond donors (Lipinski definition) is 0. The third-order valence-corrected chi connectivity index (χ3v) is 4.81. The van der Waals surface area contributed by atoms with E-state index in [0.717, 1.165) is 57.6 Å². The van der Waals surface area contributed by atoms with E-state index in [1.54, 1.807) is 0 Å². The predicted octanol–water partition coefficient (Wildman–Crippen LogP) is 2.06. The quantitative estimate of drug-likeness (QED) is 0.788. The van der Waals surface area contributed by atoms with Crippen LogP contribution in [0.15, 0.2) is 24.3 Å². The molecular formula is C19H27FN2O3. The van der Waals surface area contributed by atoms with Crippen molar-refractivity contribution in [1.82, 2.24) is 9.80 Å². The van der Waals surface area contributed by atoms with Gasteiger partial charge in [0.1, 0.15) is 12.4 Å². The van der Waals surface area contributed by atoms with Crippen molar-refractivity contribution in [2.45, 2.75) is 31.9 Å². The van der Waals surface area contributed by atoms with Gasteiger partial charge in [-0.2, -0.15) is 0 Å². The minimum absolute atomic E-state index is 0.0571. The van der Waals surface area contributed by atoms with Crippen molar-refractivity contribution in [3.05, 3.63) is 35.6 Å². The number of nitrogens with zero attached hydrogens (tertiary/aromatic N) is 2. The van der Waals surface area contributed by atoms with E-state index in [4.69, 9.17) is 9.47 Å². The lowest BCUT2D eigenvalue weighted by atomic mass is 10.2. The topological polar surface area (TPSA) is 42.0 Å². The molecule has 2 fully saturated rings. The molecule has 2 saturated heterocycles. The molecule has 2 aliphatic heterocycles. The molecule has 5 nitrogen and oxygen atoms in total. The average Bonchev–Trinajstić information content (AvgIpc) is 3.02. The van der Waals surface area contributed by atoms with E-state index in [1.165, 1.54) is 12.1 Å². The lowest BCUT2D eigenvalue weighted by Gasteiger charge is -2.22. The maximum absolute atomic E-state index is 13.0. The summed E-state index contributed by atoms with van der Waals surface area (Å²) in [6.07, 6.45) is 3.20. The van der Waals surface area contributed by atoms with Crippen LogP contribution in [-0.2, 0) is 20.8 Å². The Kier molecular flexibility index (Phi) is 6.78. The van der Waals surface area contributed by atoms with E-state index < -0.39 is 0 Å². The summed E-state index contributed by atoms with van der Waals surface area (Å²) in [5.74, 6) is -0.152. The number of hydrogen-bond acceptors (Lipinski definition) is 4. The van der Waals surface area contributed by atoms with Gasteiger partial charge in [0.05, 0.1) is 12.7 Å². The molecule has 1 atom stereocenters. The van der Waals surface area contributed by atoms with Crippen LogP contribution in [-0.4, -0.2) is 67.8 Å². The number of halogens is 1. The summed E-state index contributed by atoms with van der Waals surface area (Å²) in [6.45, 7) is 5.49. The lowest BCUT2D eigenvalue weighted by molar-refractivity contribution is -0.137. The van der Waals surface area contributed by atoms with Crippen molar-refractivity contribution < 1.29 is 18.7 Å². The van der Waals surface area contributed by atoms with Crippen LogP contribution in [0.3, 0.4) is 0 Å². The number of ether oxygens (including phenoxy) is 2. The Morgan fingerprint density at radius 2 is 2.00 bits per heavy atom. The summed E-state index contributed by atoms with van der Waals surface area (Å²) in [4.78, 5) is 16.5. The summed E-state index contributed by atoms with van der Waals surface area (Å²) >= 11 is 0. The minimum atomic E-state index is -0.209. The Morgan fingerprint density at radius 3 is 2.76 bits per heavy atom. The van der Waals surface area contributed by atoms with Crippen molar-refractivity contribution in [2.24, 2.45) is 0 Å². The Hall–Kier alpha value is -1.50. The normalized spacial score (nSPS) is 22.1. The molecule has 25 heavy (non-hydrogen) atoms. The highest BCUT2D eigenvalue weighted by molar-refractivity contribution is 5.77. The number of amides is 1. The molecule has 6 heteroatoms. The van der Waals surface area contributed by atoms with Crippen molar-refractivity contribution in [1.29, 1.82) is 0 Å². The molecule has 1 aromatic rings. The van der Waals surface area contributed by atoms with Gasteiger partial charge < -0.3 is 14.4 Å². The number of rotatable bonds is 6. The van der Waals surface area contributed by atoms with Gasteiger partial charge in [-0.3, -0.25) is 9.69 Å². The first kappa shape index (κ1) is 18.3. The lowest BCUT2D eigenvalue weighted by Crippen LogP contribution is -2.37. The van der Waals surface area contributed by atoms with Crippen LogP contribution in [0.1, 0.15) is 24.8 Å². The van der Waals surface area contributed by atoms with Gasteiger partial charge in [-0.15, -0.1) is 0 Å². The average molecular weight is 350 g/mol. The maximum Gasteiger partial charge on any atom is 0.248 e. The molecule has 0 N–H and O–H groups in total. The fourth-order valence-corrected chi connectivity index (χ4v) is 3.37. The van der Waals surface area contributed by atoms with Crippen LogP contribution in [0.25, 0.3) is 0 Å². The summed E-state index contributed by atoms with van der Waals surface area (Å²) in [5.41, 5.74) is 1.10. The van der Waals surface area contributed by atoms with Gasteiger partial charge in [0.15, 0.2) is 0 Å². The zero-order valence-corrected chi connectivity index (χ0v) is 14.7. The van der Waals surface area contributed by atoms with Crippen LogP contribution in [0.4, 0.5) is 4.39 Å². The highest BCUT2D eigenvalue weighted by atomic mass is 19.1. The zero-order chi connectivity index (χ0) is 17.5. The maximum atomic E-state index is 13.0. The van der Waals surface area contributed by atoms with Gasteiger partial charge in [0.25, 0.3) is 0 Å². The molecule has 1 aromatic carbocycles. The second-order valence-corrected chi connectivity index (χ2v) is 6.79. The first-order chi connectivity index (χ1) is 12.2. The molecule has 2 heterocycles. The Morgan fingerprint density at radius 1 is 1.16 bits per heavy atom. The molecule has 2 aliphatic rings. The monoisotopic (exact) mass is 350 g/mol. The molecule has 0 bridgehead atoms. The van der Waals surface area contributed by atoms with Gasteiger partial charge >= 0.3 is 0 Å². The molecule has 0 saturated carbocycles. The van der Waals surface area contributed by atoms with E-state index in [1.807, 2.05) is 17.0 Å². The molecule has 0 aromatic heterocycles. The molecule has 1 amide bonds. The van der Waals surface area contributed by atoms with Gasteiger partial charge in [-0.25, -0.2) is 4.39 Å². The molecule has 0 spiro atoms. The van der Waals surface area contributed by atoms with Gasteiger partial charge in [0, 0.05) is 39.3 Å². The van der Waals surface area contributed by atoms with Crippen LogP contribution in [0, 0.1) is 5.82 Å². The second kappa shape index (κ2) is 9.27. The Labute approximate surface area is 148 Å². The largest absolute Gasteiger partial charge is 0.376 e. The molecule has 138 valence electrons. The third kappa shape index (κ3) is 5.76. The Balaban J connectivity index is 1.39. The third-order valence-electron chi connectivity index (χ3n) is 4.81. The second-order valence-electron chi connectivity index (χ2n) is 6.79. The van der Waals surface area contributed by atoms with Crippen LogP contribution in [0.2, 0.25) is 0 Å².